The van der Waals surface area contributed by atoms with Crippen LogP contribution in [-0.2, 0) is 11.3 Å². The van der Waals surface area contributed by atoms with Gasteiger partial charge in [-0.05, 0) is 31.9 Å². The molecule has 1 N–H and O–H groups in total. The van der Waals surface area contributed by atoms with E-state index in [0.717, 1.165) is 25.9 Å². The van der Waals surface area contributed by atoms with Crippen molar-refractivity contribution in [2.75, 3.05) is 19.7 Å². The first-order valence-electron chi connectivity index (χ1n) is 6.59. The molecule has 100 valence electrons. The lowest BCUT2D eigenvalue weighted by Gasteiger charge is -2.21. The summed E-state index contributed by atoms with van der Waals surface area (Å²) >= 11 is 0. The summed E-state index contributed by atoms with van der Waals surface area (Å²) in [5.41, 5.74) is 1.26. The lowest BCUT2D eigenvalue weighted by molar-refractivity contribution is -0.117. The average Bonchev–Trinajstić information content (AvgIpc) is 2.36. The zero-order valence-corrected chi connectivity index (χ0v) is 11.1. The molecule has 0 unspecified atom stereocenters. The predicted molar refractivity (Wildman–Crippen MR) is 73.3 cm³/mol. The minimum atomic E-state index is 0.180. The number of nitrogens with zero attached hydrogens (tertiary/aromatic N) is 1. The van der Waals surface area contributed by atoms with Gasteiger partial charge in [-0.3, -0.25) is 4.90 Å². The molecular formula is C15H23NO2. The fraction of sp³-hybridized carbons (Fsp3) is 0.533. The molecule has 0 saturated heterocycles. The van der Waals surface area contributed by atoms with Gasteiger partial charge in [0.2, 0.25) is 0 Å². The third-order valence-electron chi connectivity index (χ3n) is 2.92. The number of aliphatic hydroxyl groups is 1. The highest BCUT2D eigenvalue weighted by atomic mass is 16.3. The molecule has 0 fully saturated rings. The molecule has 0 atom stereocenters. The smallest absolute Gasteiger partial charge is 0.129 e. The van der Waals surface area contributed by atoms with E-state index in [9.17, 15) is 4.79 Å². The molecule has 3 nitrogen and oxygen atoms in total. The first kappa shape index (κ1) is 14.9. The van der Waals surface area contributed by atoms with Crippen LogP contribution in [0.4, 0.5) is 0 Å². The van der Waals surface area contributed by atoms with E-state index in [1.165, 1.54) is 5.56 Å². The van der Waals surface area contributed by atoms with Crippen molar-refractivity contribution in [2.45, 2.75) is 32.7 Å². The Hall–Kier alpha value is -1.19. The van der Waals surface area contributed by atoms with Crippen LogP contribution in [0.3, 0.4) is 0 Å². The van der Waals surface area contributed by atoms with Crippen LogP contribution in [0.15, 0.2) is 30.3 Å². The normalized spacial score (nSPS) is 10.8. The second-order valence-electron chi connectivity index (χ2n) is 4.64. The Kier molecular flexibility index (Phi) is 7.30. The van der Waals surface area contributed by atoms with E-state index in [2.05, 4.69) is 17.0 Å². The van der Waals surface area contributed by atoms with Gasteiger partial charge >= 0.3 is 0 Å². The van der Waals surface area contributed by atoms with E-state index in [0.29, 0.717) is 13.0 Å². The Morgan fingerprint density at radius 1 is 1.17 bits per heavy atom. The number of hydrogen-bond acceptors (Lipinski definition) is 3. The SMILES string of the molecule is CC(=O)CCCCN(CCO)Cc1ccccc1. The number of carbonyl (C=O) groups is 1. The number of carbonyl (C=O) groups excluding carboxylic acids is 1. The summed E-state index contributed by atoms with van der Waals surface area (Å²) in [6, 6.07) is 10.3. The van der Waals surface area contributed by atoms with Gasteiger partial charge in [0, 0.05) is 19.5 Å². The summed E-state index contributed by atoms with van der Waals surface area (Å²) in [5.74, 6) is 0.256. The second kappa shape index (κ2) is 8.84. The van der Waals surface area contributed by atoms with Gasteiger partial charge in [0.1, 0.15) is 5.78 Å². The third kappa shape index (κ3) is 6.52. The van der Waals surface area contributed by atoms with Crippen LogP contribution in [0.1, 0.15) is 31.7 Å². The molecule has 0 amide bonds. The summed E-state index contributed by atoms with van der Waals surface area (Å²) in [6.45, 7) is 4.30. The largest absolute Gasteiger partial charge is 0.395 e. The molecule has 18 heavy (non-hydrogen) atoms. The van der Waals surface area contributed by atoms with Gasteiger partial charge in [-0.25, -0.2) is 0 Å². The van der Waals surface area contributed by atoms with Gasteiger partial charge in [0.15, 0.2) is 0 Å². The summed E-state index contributed by atoms with van der Waals surface area (Å²) in [7, 11) is 0. The Bertz CT molecular complexity index is 338. The number of benzene rings is 1. The standard InChI is InChI=1S/C15H23NO2/c1-14(18)7-5-6-10-16(11-12-17)13-15-8-3-2-4-9-15/h2-4,8-9,17H,5-7,10-13H2,1H3. The minimum Gasteiger partial charge on any atom is -0.395 e. The van der Waals surface area contributed by atoms with Crippen LogP contribution in [0.25, 0.3) is 0 Å². The van der Waals surface area contributed by atoms with Gasteiger partial charge < -0.3 is 9.90 Å². The molecule has 0 aromatic heterocycles. The number of Topliss-reactive ketones (excluding diaryl/α,β-unsaturated/α-hetero) is 1. The maximum atomic E-state index is 10.9. The number of hydrogen-bond donors (Lipinski definition) is 1. The topological polar surface area (TPSA) is 40.5 Å². The van der Waals surface area contributed by atoms with Crippen molar-refractivity contribution in [1.29, 1.82) is 0 Å². The van der Waals surface area contributed by atoms with Gasteiger partial charge in [-0.2, -0.15) is 0 Å². The van der Waals surface area contributed by atoms with E-state index in [1.807, 2.05) is 18.2 Å². The molecule has 1 rings (SSSR count). The van der Waals surface area contributed by atoms with Gasteiger partial charge in [0.25, 0.3) is 0 Å². The van der Waals surface area contributed by atoms with Gasteiger partial charge in [0.05, 0.1) is 6.61 Å². The summed E-state index contributed by atoms with van der Waals surface area (Å²) in [4.78, 5) is 13.1. The Balaban J connectivity index is 2.33. The fourth-order valence-electron chi connectivity index (χ4n) is 1.96. The van der Waals surface area contributed by atoms with E-state index < -0.39 is 0 Å². The maximum Gasteiger partial charge on any atom is 0.129 e. The van der Waals surface area contributed by atoms with E-state index in [4.69, 9.17) is 5.11 Å². The first-order chi connectivity index (χ1) is 8.72. The number of rotatable bonds is 9. The second-order valence-corrected chi connectivity index (χ2v) is 4.64. The summed E-state index contributed by atoms with van der Waals surface area (Å²) in [6.07, 6.45) is 2.61. The average molecular weight is 249 g/mol. The molecular weight excluding hydrogens is 226 g/mol. The van der Waals surface area contributed by atoms with Crippen molar-refractivity contribution < 1.29 is 9.90 Å². The molecule has 0 aliphatic carbocycles. The van der Waals surface area contributed by atoms with E-state index >= 15 is 0 Å². The summed E-state index contributed by atoms with van der Waals surface area (Å²) in [5, 5.41) is 9.06. The number of aliphatic hydroxyl groups excluding tert-OH is 1. The van der Waals surface area contributed by atoms with Crippen LogP contribution < -0.4 is 0 Å². The van der Waals surface area contributed by atoms with Crippen molar-refractivity contribution >= 4 is 5.78 Å². The quantitative estimate of drug-likeness (QED) is 0.682. The van der Waals surface area contributed by atoms with E-state index in [-0.39, 0.29) is 12.4 Å². The molecule has 0 saturated carbocycles. The molecule has 0 aliphatic heterocycles. The lowest BCUT2D eigenvalue weighted by atomic mass is 10.1. The van der Waals surface area contributed by atoms with Gasteiger partial charge in [-0.15, -0.1) is 0 Å². The molecule has 0 bridgehead atoms. The third-order valence-corrected chi connectivity index (χ3v) is 2.92. The van der Waals surface area contributed by atoms with Crippen LogP contribution in [0.5, 0.6) is 0 Å². The zero-order chi connectivity index (χ0) is 13.2. The predicted octanol–water partition coefficient (Wildman–Crippen LogP) is 2.24. The van der Waals surface area contributed by atoms with Crippen molar-refractivity contribution in [3.63, 3.8) is 0 Å². The lowest BCUT2D eigenvalue weighted by Crippen LogP contribution is -2.27. The molecule has 1 aromatic rings. The zero-order valence-electron chi connectivity index (χ0n) is 11.1. The number of unbranched alkanes of at least 4 members (excludes halogenated alkanes) is 1. The van der Waals surface area contributed by atoms with Gasteiger partial charge in [-0.1, -0.05) is 30.3 Å². The first-order valence-corrected chi connectivity index (χ1v) is 6.59. The maximum absolute atomic E-state index is 10.9. The fourth-order valence-corrected chi connectivity index (χ4v) is 1.96. The highest BCUT2D eigenvalue weighted by Crippen LogP contribution is 2.06. The van der Waals surface area contributed by atoms with Crippen molar-refractivity contribution in [2.24, 2.45) is 0 Å². The van der Waals surface area contributed by atoms with Crippen LogP contribution in [-0.4, -0.2) is 35.5 Å². The monoisotopic (exact) mass is 249 g/mol. The molecule has 1 aromatic carbocycles. The Labute approximate surface area is 109 Å². The van der Waals surface area contributed by atoms with E-state index in [1.54, 1.807) is 6.92 Å². The molecule has 0 heterocycles. The van der Waals surface area contributed by atoms with Crippen LogP contribution >= 0.6 is 0 Å². The van der Waals surface area contributed by atoms with Crippen LogP contribution in [0.2, 0.25) is 0 Å². The Morgan fingerprint density at radius 2 is 1.89 bits per heavy atom. The molecule has 0 aliphatic rings. The van der Waals surface area contributed by atoms with Crippen molar-refractivity contribution in [3.05, 3.63) is 35.9 Å². The highest BCUT2D eigenvalue weighted by molar-refractivity contribution is 5.75. The van der Waals surface area contributed by atoms with Crippen molar-refractivity contribution in [3.8, 4) is 0 Å². The minimum absolute atomic E-state index is 0.180. The van der Waals surface area contributed by atoms with Crippen LogP contribution in [0, 0.1) is 0 Å². The molecule has 3 heteroatoms. The van der Waals surface area contributed by atoms with Crippen molar-refractivity contribution in [1.82, 2.24) is 4.90 Å². The highest BCUT2D eigenvalue weighted by Gasteiger charge is 2.05. The summed E-state index contributed by atoms with van der Waals surface area (Å²) < 4.78 is 0. The molecule has 0 radical (unpaired) electrons. The Morgan fingerprint density at radius 3 is 2.50 bits per heavy atom. The molecule has 0 spiro atoms. The number of ketones is 1.